The maximum absolute atomic E-state index is 12.5. The molecule has 1 unspecified atom stereocenters. The van der Waals surface area contributed by atoms with Crippen LogP contribution < -0.4 is 0 Å². The molecule has 5 heteroatoms. The third-order valence-corrected chi connectivity index (χ3v) is 3.39. The van der Waals surface area contributed by atoms with Gasteiger partial charge in [0.2, 0.25) is 0 Å². The van der Waals surface area contributed by atoms with Crippen molar-refractivity contribution in [2.75, 3.05) is 0 Å². The van der Waals surface area contributed by atoms with E-state index < -0.39 is 11.6 Å². The Balaban J connectivity index is 2.33. The molecule has 0 radical (unpaired) electrons. The van der Waals surface area contributed by atoms with Crippen molar-refractivity contribution in [3.63, 3.8) is 0 Å². The van der Waals surface area contributed by atoms with Crippen molar-refractivity contribution >= 4 is 18.1 Å². The zero-order valence-electron chi connectivity index (χ0n) is 14.9. The van der Waals surface area contributed by atoms with Gasteiger partial charge in [-0.05, 0) is 45.7 Å². The first-order chi connectivity index (χ1) is 11.2. The van der Waals surface area contributed by atoms with Crippen LogP contribution in [0, 0.1) is 0 Å². The summed E-state index contributed by atoms with van der Waals surface area (Å²) >= 11 is 0. The maximum atomic E-state index is 12.5. The van der Waals surface area contributed by atoms with E-state index in [1.807, 2.05) is 58.9 Å². The van der Waals surface area contributed by atoms with E-state index in [1.54, 1.807) is 6.21 Å². The summed E-state index contributed by atoms with van der Waals surface area (Å²) in [7, 11) is 0. The van der Waals surface area contributed by atoms with Crippen LogP contribution in [0.2, 0.25) is 0 Å². The lowest BCUT2D eigenvalue weighted by atomic mass is 9.96. The van der Waals surface area contributed by atoms with Crippen LogP contribution >= 0.6 is 0 Å². The molecule has 0 saturated carbocycles. The van der Waals surface area contributed by atoms with Crippen LogP contribution in [-0.2, 0) is 14.3 Å². The van der Waals surface area contributed by atoms with Gasteiger partial charge in [-0.3, -0.25) is 9.59 Å². The van der Waals surface area contributed by atoms with E-state index in [2.05, 4.69) is 5.10 Å². The molecule has 0 bridgehead atoms. The summed E-state index contributed by atoms with van der Waals surface area (Å²) in [6, 6.07) is 7.17. The summed E-state index contributed by atoms with van der Waals surface area (Å²) in [5.74, 6) is -0.594. The number of carbonyl (C=O) groups is 2. The normalized spacial score (nSPS) is 16.4. The Bertz CT molecular complexity index is 695. The molecule has 1 aliphatic heterocycles. The van der Waals surface area contributed by atoms with Crippen molar-refractivity contribution in [1.82, 2.24) is 5.01 Å². The first kappa shape index (κ1) is 17.9. The van der Waals surface area contributed by atoms with E-state index in [1.165, 1.54) is 11.1 Å². The van der Waals surface area contributed by atoms with Gasteiger partial charge in [-0.1, -0.05) is 29.8 Å². The van der Waals surface area contributed by atoms with Crippen molar-refractivity contribution in [3.8, 4) is 0 Å². The van der Waals surface area contributed by atoms with Gasteiger partial charge in [-0.25, -0.2) is 5.01 Å². The van der Waals surface area contributed by atoms with Gasteiger partial charge in [-0.2, -0.15) is 5.10 Å². The van der Waals surface area contributed by atoms with Crippen LogP contribution in [0.15, 0.2) is 41.0 Å². The van der Waals surface area contributed by atoms with Crippen LogP contribution in [0.3, 0.4) is 0 Å². The molecule has 1 aromatic rings. The van der Waals surface area contributed by atoms with Crippen LogP contribution in [0.25, 0.3) is 0 Å². The number of hydrogen-bond acceptors (Lipinski definition) is 4. The van der Waals surface area contributed by atoms with Gasteiger partial charge in [0.05, 0.1) is 18.7 Å². The topological polar surface area (TPSA) is 59.0 Å². The average Bonchev–Trinajstić information content (AvgIpc) is 2.44. The number of amides is 1. The first-order valence-corrected chi connectivity index (χ1v) is 8.00. The molecule has 0 N–H and O–H groups in total. The number of fused-ring (bicyclic) bond motifs is 1. The largest absolute Gasteiger partial charge is 0.460 e. The molecule has 5 nitrogen and oxygen atoms in total. The second-order valence-electron chi connectivity index (χ2n) is 7.08. The van der Waals surface area contributed by atoms with Crippen LogP contribution in [-0.4, -0.2) is 28.7 Å². The molecule has 24 heavy (non-hydrogen) atoms. The van der Waals surface area contributed by atoms with Gasteiger partial charge in [0.1, 0.15) is 5.60 Å². The quantitative estimate of drug-likeness (QED) is 0.629. The molecule has 1 amide bonds. The number of allylic oxidation sites excluding steroid dienone is 1. The molecule has 1 heterocycles. The predicted molar refractivity (Wildman–Crippen MR) is 93.5 cm³/mol. The van der Waals surface area contributed by atoms with Gasteiger partial charge >= 0.3 is 5.97 Å². The number of esters is 1. The Labute approximate surface area is 143 Å². The summed E-state index contributed by atoms with van der Waals surface area (Å²) in [5.41, 5.74) is 2.12. The average molecular weight is 328 g/mol. The third-order valence-electron chi connectivity index (χ3n) is 3.39. The van der Waals surface area contributed by atoms with Crippen molar-refractivity contribution in [1.29, 1.82) is 0 Å². The number of hydrazone groups is 1. The highest BCUT2D eigenvalue weighted by Gasteiger charge is 2.32. The van der Waals surface area contributed by atoms with Crippen molar-refractivity contribution in [2.45, 2.75) is 52.7 Å². The lowest BCUT2D eigenvalue weighted by molar-refractivity contribution is -0.156. The van der Waals surface area contributed by atoms with Gasteiger partial charge in [-0.15, -0.1) is 0 Å². The zero-order valence-corrected chi connectivity index (χ0v) is 14.9. The van der Waals surface area contributed by atoms with E-state index in [0.717, 1.165) is 16.7 Å². The number of carbonyl (C=O) groups excluding carboxylic acids is 2. The maximum Gasteiger partial charge on any atom is 0.308 e. The second-order valence-corrected chi connectivity index (χ2v) is 7.08. The van der Waals surface area contributed by atoms with E-state index in [-0.39, 0.29) is 18.3 Å². The molecule has 2 rings (SSSR count). The SMILES string of the molecule is CC(C)=CC(=O)N1N=Cc2ccccc2C1CC(=O)OC(C)(C)C. The lowest BCUT2D eigenvalue weighted by Gasteiger charge is -2.31. The van der Waals surface area contributed by atoms with Gasteiger partial charge in [0.25, 0.3) is 5.91 Å². The molecule has 0 aliphatic carbocycles. The van der Waals surface area contributed by atoms with Gasteiger partial charge < -0.3 is 4.74 Å². The van der Waals surface area contributed by atoms with Crippen LogP contribution in [0.4, 0.5) is 0 Å². The minimum absolute atomic E-state index is 0.0635. The molecule has 1 aliphatic rings. The van der Waals surface area contributed by atoms with E-state index in [9.17, 15) is 9.59 Å². The highest BCUT2D eigenvalue weighted by Crippen LogP contribution is 2.31. The molecule has 128 valence electrons. The van der Waals surface area contributed by atoms with Gasteiger partial charge in [0, 0.05) is 6.08 Å². The number of benzene rings is 1. The second kappa shape index (κ2) is 6.99. The van der Waals surface area contributed by atoms with E-state index >= 15 is 0 Å². The Hall–Kier alpha value is -2.43. The van der Waals surface area contributed by atoms with Crippen LogP contribution in [0.5, 0.6) is 0 Å². The van der Waals surface area contributed by atoms with E-state index in [4.69, 9.17) is 4.74 Å². The highest BCUT2D eigenvalue weighted by atomic mass is 16.6. The molecule has 0 fully saturated rings. The fourth-order valence-corrected chi connectivity index (χ4v) is 2.53. The first-order valence-electron chi connectivity index (χ1n) is 8.00. The highest BCUT2D eigenvalue weighted by molar-refractivity contribution is 5.92. The minimum atomic E-state index is -0.566. The summed E-state index contributed by atoms with van der Waals surface area (Å²) in [6.45, 7) is 9.17. The molecule has 0 saturated heterocycles. The lowest BCUT2D eigenvalue weighted by Crippen LogP contribution is -2.35. The minimum Gasteiger partial charge on any atom is -0.460 e. The molecule has 0 spiro atoms. The zero-order chi connectivity index (χ0) is 17.9. The number of ether oxygens (including phenoxy) is 1. The molecule has 1 aromatic carbocycles. The molecular formula is C19H24N2O3. The molecule has 0 aromatic heterocycles. The number of nitrogens with zero attached hydrogens (tertiary/aromatic N) is 2. The summed E-state index contributed by atoms with van der Waals surface area (Å²) in [5, 5.41) is 5.62. The Morgan fingerprint density at radius 1 is 1.25 bits per heavy atom. The van der Waals surface area contributed by atoms with Crippen molar-refractivity contribution in [2.24, 2.45) is 5.10 Å². The van der Waals surface area contributed by atoms with Crippen molar-refractivity contribution < 1.29 is 14.3 Å². The molecular weight excluding hydrogens is 304 g/mol. The van der Waals surface area contributed by atoms with E-state index in [0.29, 0.717) is 0 Å². The fraction of sp³-hybridized carbons (Fsp3) is 0.421. The number of hydrogen-bond donors (Lipinski definition) is 0. The monoisotopic (exact) mass is 328 g/mol. The smallest absolute Gasteiger partial charge is 0.308 e. The number of rotatable bonds is 3. The molecule has 1 atom stereocenters. The Morgan fingerprint density at radius 2 is 1.92 bits per heavy atom. The van der Waals surface area contributed by atoms with Gasteiger partial charge in [0.15, 0.2) is 0 Å². The Kier molecular flexibility index (Phi) is 5.22. The fourth-order valence-electron chi connectivity index (χ4n) is 2.53. The van der Waals surface area contributed by atoms with Crippen LogP contribution in [0.1, 0.15) is 58.2 Å². The van der Waals surface area contributed by atoms with Crippen molar-refractivity contribution in [3.05, 3.63) is 47.0 Å². The summed E-state index contributed by atoms with van der Waals surface area (Å²) in [6.07, 6.45) is 3.24. The Morgan fingerprint density at radius 3 is 2.54 bits per heavy atom. The summed E-state index contributed by atoms with van der Waals surface area (Å²) < 4.78 is 5.42. The third kappa shape index (κ3) is 4.54. The summed E-state index contributed by atoms with van der Waals surface area (Å²) in [4.78, 5) is 24.8. The standard InChI is InChI=1S/C19H24N2O3/c1-13(2)10-17(22)21-16(11-18(23)24-19(3,4)5)15-9-7-6-8-14(15)12-20-21/h6-10,12,16H,11H2,1-5H3. The predicted octanol–water partition coefficient (Wildman–Crippen LogP) is 3.60.